The van der Waals surface area contributed by atoms with Crippen LogP contribution in [0.4, 0.5) is 14.6 Å². The van der Waals surface area contributed by atoms with Gasteiger partial charge in [-0.05, 0) is 58.9 Å². The quantitative estimate of drug-likeness (QED) is 0.0889. The lowest BCUT2D eigenvalue weighted by Crippen LogP contribution is -2.37. The molecule has 21 nitrogen and oxygen atoms in total. The zero-order chi connectivity index (χ0) is 45.6. The van der Waals surface area contributed by atoms with E-state index in [0.717, 1.165) is 17.1 Å². The first-order chi connectivity index (χ1) is 31.1. The predicted molar refractivity (Wildman–Crippen MR) is 224 cm³/mol. The fourth-order valence-corrected chi connectivity index (χ4v) is 11.5. The van der Waals surface area contributed by atoms with Crippen molar-refractivity contribution in [2.24, 2.45) is 0 Å². The number of anilines is 1. The van der Waals surface area contributed by atoms with E-state index in [1.54, 1.807) is 30.3 Å². The Kier molecular flexibility index (Phi) is 12.3. The molecular weight excluding hydrogens is 922 g/mol. The van der Waals surface area contributed by atoms with Crippen molar-refractivity contribution < 1.29 is 65.0 Å². The molecule has 2 bridgehead atoms. The summed E-state index contributed by atoms with van der Waals surface area (Å²) in [4.78, 5) is 64.0. The SMILES string of the molecule is Nc1ncnc2c1ncn2[C@@H]1O[C@@H]2COP(=O)(SCc3ccc(OC(=O)c4ccc(O)cc4)cc3)O[C@H]3[C@@H](F)[C@H](n4cc(-c5ccccc5)c(=O)[nH]c4=O)O[C@@H]3COP(=O)(O)O[C@@H]1[C@@H]2F. The molecule has 0 radical (unpaired) electrons. The van der Waals surface area contributed by atoms with Crippen LogP contribution in [0, 0.1) is 0 Å². The Balaban J connectivity index is 1.03. The maximum Gasteiger partial charge on any atom is 0.472 e. The number of nitrogens with two attached hydrogens (primary N) is 1. The number of phenolic OH excluding ortho intramolecular Hbond substituents is 1. The number of phosphoric ester groups is 1. The topological polar surface area (TPSA) is 281 Å². The number of ether oxygens (including phenoxy) is 3. The van der Waals surface area contributed by atoms with Gasteiger partial charge in [-0.2, -0.15) is 0 Å². The lowest BCUT2D eigenvalue weighted by molar-refractivity contribution is -0.0640. The summed E-state index contributed by atoms with van der Waals surface area (Å²) >= 11 is 0.550. The average molecular weight is 958 g/mol. The van der Waals surface area contributed by atoms with Crippen LogP contribution >= 0.6 is 26.0 Å². The molecule has 0 amide bonds. The minimum absolute atomic E-state index is 0.0324. The molecule has 0 spiro atoms. The van der Waals surface area contributed by atoms with Crippen LogP contribution in [0.25, 0.3) is 22.3 Å². The molecule has 6 heterocycles. The number of nitrogens with zero attached hydrogens (tertiary/aromatic N) is 5. The molecule has 3 aromatic carbocycles. The minimum Gasteiger partial charge on any atom is -0.508 e. The van der Waals surface area contributed by atoms with Crippen molar-refractivity contribution in [2.45, 2.75) is 55.0 Å². The molecule has 10 atom stereocenters. The number of aromatic hydroxyl groups is 1. The smallest absolute Gasteiger partial charge is 0.472 e. The first-order valence-corrected chi connectivity index (χ1v) is 24.0. The number of alkyl halides is 2. The lowest BCUT2D eigenvalue weighted by Gasteiger charge is -2.27. The van der Waals surface area contributed by atoms with Crippen LogP contribution in [0.5, 0.6) is 11.5 Å². The van der Waals surface area contributed by atoms with Gasteiger partial charge in [0.05, 0.1) is 30.7 Å². The number of phosphoric acid groups is 1. The molecule has 0 aliphatic carbocycles. The summed E-state index contributed by atoms with van der Waals surface area (Å²) < 4.78 is 104. The Bertz CT molecular complexity index is 2950. The molecule has 9 rings (SSSR count). The number of carbonyl (C=O) groups excluding carboxylic acids is 1. The van der Waals surface area contributed by atoms with E-state index in [0.29, 0.717) is 22.5 Å². The van der Waals surface area contributed by atoms with Gasteiger partial charge in [0, 0.05) is 11.9 Å². The molecule has 3 aromatic heterocycles. The number of carbonyl (C=O) groups is 1. The third kappa shape index (κ3) is 9.27. The number of imidazole rings is 1. The third-order valence-corrected chi connectivity index (χ3v) is 15.1. The first-order valence-electron chi connectivity index (χ1n) is 19.4. The number of benzene rings is 3. The Labute approximate surface area is 368 Å². The highest BCUT2D eigenvalue weighted by Crippen LogP contribution is 2.65. The van der Waals surface area contributed by atoms with Crippen LogP contribution in [0.2, 0.25) is 0 Å². The number of hydrogen-bond acceptors (Lipinski definition) is 18. The maximum atomic E-state index is 16.9. The molecule has 26 heteroatoms. The fourth-order valence-electron chi connectivity index (χ4n) is 7.23. The van der Waals surface area contributed by atoms with Crippen molar-refractivity contribution >= 4 is 49.0 Å². The number of hydrogen-bond donors (Lipinski definition) is 4. The summed E-state index contributed by atoms with van der Waals surface area (Å²) in [6, 6.07) is 19.5. The Morgan fingerprint density at radius 3 is 2.35 bits per heavy atom. The predicted octanol–water partition coefficient (Wildman–Crippen LogP) is 4.98. The van der Waals surface area contributed by atoms with E-state index in [1.165, 1.54) is 59.4 Å². The van der Waals surface area contributed by atoms with Crippen LogP contribution < -0.4 is 21.7 Å². The van der Waals surface area contributed by atoms with Crippen LogP contribution in [-0.4, -0.2) is 95.0 Å². The van der Waals surface area contributed by atoms with Crippen LogP contribution in [0.3, 0.4) is 0 Å². The number of H-pyrrole nitrogens is 1. The second-order valence-corrected chi connectivity index (χ2v) is 20.1. The van der Waals surface area contributed by atoms with E-state index >= 15 is 8.78 Å². The molecule has 0 saturated carbocycles. The summed E-state index contributed by atoms with van der Waals surface area (Å²) in [6.07, 6.45) is -12.1. The average Bonchev–Trinajstić information content (AvgIpc) is 3.95. The summed E-state index contributed by atoms with van der Waals surface area (Å²) in [5, 5.41) is 9.53. The van der Waals surface area contributed by atoms with E-state index in [1.807, 2.05) is 0 Å². The molecule has 65 heavy (non-hydrogen) atoms. The van der Waals surface area contributed by atoms with Gasteiger partial charge >= 0.3 is 26.3 Å². The number of fused-ring (bicyclic) bond motifs is 4. The van der Waals surface area contributed by atoms with Crippen LogP contribution in [0.1, 0.15) is 28.4 Å². The van der Waals surface area contributed by atoms with Crippen LogP contribution in [-0.2, 0) is 42.5 Å². The van der Waals surface area contributed by atoms with Crippen LogP contribution in [0.15, 0.2) is 107 Å². The van der Waals surface area contributed by atoms with Crippen molar-refractivity contribution in [1.29, 1.82) is 0 Å². The molecule has 2 unspecified atom stereocenters. The monoisotopic (exact) mass is 957 g/mol. The van der Waals surface area contributed by atoms with E-state index in [4.69, 9.17) is 38.0 Å². The van der Waals surface area contributed by atoms with Gasteiger partial charge < -0.3 is 29.9 Å². The van der Waals surface area contributed by atoms with Gasteiger partial charge in [0.25, 0.3) is 5.56 Å². The molecule has 6 aromatic rings. The van der Waals surface area contributed by atoms with E-state index in [9.17, 15) is 33.5 Å². The van der Waals surface area contributed by atoms with Crippen molar-refractivity contribution in [1.82, 2.24) is 29.1 Å². The Morgan fingerprint density at radius 2 is 1.60 bits per heavy atom. The van der Waals surface area contributed by atoms with Crippen molar-refractivity contribution in [3.63, 3.8) is 0 Å². The first kappa shape index (κ1) is 44.5. The molecule has 340 valence electrons. The highest BCUT2D eigenvalue weighted by molar-refractivity contribution is 8.54. The summed E-state index contributed by atoms with van der Waals surface area (Å²) in [5.74, 6) is -0.794. The third-order valence-electron chi connectivity index (χ3n) is 10.5. The highest BCUT2D eigenvalue weighted by Gasteiger charge is 2.55. The second-order valence-electron chi connectivity index (χ2n) is 14.7. The standard InChI is InChI=1S/C39H35F2N7O14P2S/c40-28-26-15-57-64(55,65-17-20-6-12-24(13-7-20)58-38(51)22-8-10-23(49)11-9-22)62-31-27(60-36(29(31)41)47-14-25(35(50)46-39(47)52)21-4-2-1-3-5-21)16-56-63(53,54)61-32(28)37(59-26)48-19-45-30-33(42)43-18-44-34(30)48/h1-14,18-19,26-29,31-32,36-37,49H,15-17H2,(H,53,54)(H2,42,43,44)(H,46,50,52)/t26-,27-,28-,29-,31-,32-,36-,37-,64?/m1/s1. The number of rotatable bonds is 8. The Morgan fingerprint density at radius 1 is 0.877 bits per heavy atom. The molecule has 3 aliphatic rings. The van der Waals surface area contributed by atoms with Crippen molar-refractivity contribution in [3.05, 3.63) is 130 Å². The van der Waals surface area contributed by atoms with Gasteiger partial charge in [0.1, 0.15) is 47.8 Å². The number of aromatic amines is 1. The number of nitrogens with one attached hydrogen (secondary N) is 1. The zero-order valence-electron chi connectivity index (χ0n) is 33.1. The summed E-state index contributed by atoms with van der Waals surface area (Å²) in [6.45, 7) is -6.59. The molecule has 3 saturated heterocycles. The zero-order valence-corrected chi connectivity index (χ0v) is 35.7. The fraction of sp³-hybridized carbons (Fsp3) is 0.282. The van der Waals surface area contributed by atoms with Gasteiger partial charge in [-0.1, -0.05) is 42.5 Å². The largest absolute Gasteiger partial charge is 0.508 e. The summed E-state index contributed by atoms with van der Waals surface area (Å²) in [7, 11) is -5.33. The molecule has 3 fully saturated rings. The molecular formula is C39H35F2N7O14P2S. The van der Waals surface area contributed by atoms with E-state index in [-0.39, 0.29) is 45.4 Å². The molecule has 5 N–H and O–H groups in total. The van der Waals surface area contributed by atoms with Gasteiger partial charge in [-0.3, -0.25) is 37.0 Å². The van der Waals surface area contributed by atoms with E-state index in [2.05, 4.69) is 19.9 Å². The molecule has 3 aliphatic heterocycles. The van der Waals surface area contributed by atoms with Crippen molar-refractivity contribution in [3.8, 4) is 22.6 Å². The lowest BCUT2D eigenvalue weighted by atomic mass is 10.1. The van der Waals surface area contributed by atoms with Gasteiger partial charge in [-0.25, -0.2) is 42.5 Å². The second kappa shape index (κ2) is 18.0. The van der Waals surface area contributed by atoms with Gasteiger partial charge in [0.2, 0.25) is 0 Å². The number of aromatic nitrogens is 6. The maximum absolute atomic E-state index is 16.9. The summed E-state index contributed by atoms with van der Waals surface area (Å²) in [5.41, 5.74) is 5.18. The number of halogens is 2. The number of nitrogen functional groups attached to an aromatic ring is 1. The number of esters is 1. The van der Waals surface area contributed by atoms with Crippen molar-refractivity contribution in [2.75, 3.05) is 18.9 Å². The highest BCUT2D eigenvalue weighted by atomic mass is 32.7. The Hall–Kier alpha value is -5.65. The van der Waals surface area contributed by atoms with E-state index < -0.39 is 94.3 Å². The van der Waals surface area contributed by atoms with Gasteiger partial charge in [-0.15, -0.1) is 0 Å². The normalized spacial score (nSPS) is 29.3. The minimum atomic E-state index is -5.33. The van der Waals surface area contributed by atoms with Gasteiger partial charge in [0.15, 0.2) is 36.3 Å². The number of phenols is 1.